The SMILES string of the molecule is CCCCCCCCCC(=O)Oc1cc(OC(=O)CCCCCCCCC)c2c(=O)c(OC(O)CCCCCCCCC)c(-c3ccc(OC(=O)CCCCCCCCC)c(OC(=O)CCCCCCCCC)c3)oc2c1. The van der Waals surface area contributed by atoms with Gasteiger partial charge in [0, 0.05) is 49.8 Å². The lowest BCUT2D eigenvalue weighted by Crippen LogP contribution is -2.21. The van der Waals surface area contributed by atoms with Gasteiger partial charge in [0.05, 0.1) is 0 Å². The van der Waals surface area contributed by atoms with E-state index in [1.165, 1.54) is 69.2 Å². The Balaban J connectivity index is 2.12. The molecule has 0 amide bonds. The molecule has 0 aliphatic heterocycles. The molecule has 0 radical (unpaired) electrons. The second-order valence-corrected chi connectivity index (χ2v) is 21.4. The number of carbonyl (C=O) groups is 4. The van der Waals surface area contributed by atoms with Gasteiger partial charge in [-0.2, -0.15) is 0 Å². The second-order valence-electron chi connectivity index (χ2n) is 21.4. The third kappa shape index (κ3) is 28.7. The van der Waals surface area contributed by atoms with E-state index in [0.29, 0.717) is 32.1 Å². The van der Waals surface area contributed by atoms with Crippen LogP contribution in [0.1, 0.15) is 291 Å². The highest BCUT2D eigenvalue weighted by atomic mass is 16.6. The lowest BCUT2D eigenvalue weighted by molar-refractivity contribution is -0.137. The first-order valence-corrected chi connectivity index (χ1v) is 31.0. The van der Waals surface area contributed by atoms with Crippen LogP contribution in [-0.4, -0.2) is 35.3 Å². The number of unbranched alkanes of at least 4 members (excludes halogenated alkanes) is 30. The van der Waals surface area contributed by atoms with Crippen LogP contribution in [0.3, 0.4) is 0 Å². The van der Waals surface area contributed by atoms with Gasteiger partial charge in [-0.3, -0.25) is 24.0 Å². The van der Waals surface area contributed by atoms with Crippen molar-refractivity contribution >= 4 is 34.8 Å². The first kappa shape index (κ1) is 66.6. The molecule has 1 heterocycles. The van der Waals surface area contributed by atoms with E-state index in [4.69, 9.17) is 28.1 Å². The van der Waals surface area contributed by atoms with Crippen molar-refractivity contribution in [3.8, 4) is 40.1 Å². The van der Waals surface area contributed by atoms with Crippen molar-refractivity contribution in [3.05, 3.63) is 40.6 Å². The molecule has 1 unspecified atom stereocenters. The van der Waals surface area contributed by atoms with Gasteiger partial charge < -0.3 is 33.2 Å². The van der Waals surface area contributed by atoms with Crippen LogP contribution in [0.2, 0.25) is 0 Å². The van der Waals surface area contributed by atoms with Crippen LogP contribution < -0.4 is 29.1 Å². The minimum atomic E-state index is -1.41. The fourth-order valence-electron chi connectivity index (χ4n) is 9.57. The van der Waals surface area contributed by atoms with Crippen molar-refractivity contribution in [3.63, 3.8) is 0 Å². The summed E-state index contributed by atoms with van der Waals surface area (Å²) < 4.78 is 36.5. The predicted molar refractivity (Wildman–Crippen MR) is 310 cm³/mol. The molecule has 2 aromatic carbocycles. The molecule has 0 fully saturated rings. The van der Waals surface area contributed by atoms with Gasteiger partial charge in [-0.25, -0.2) is 0 Å². The molecule has 12 heteroatoms. The van der Waals surface area contributed by atoms with Crippen molar-refractivity contribution in [2.45, 2.75) is 298 Å². The number of rotatable bonds is 47. The number of benzene rings is 2. The molecule has 0 saturated heterocycles. The first-order chi connectivity index (χ1) is 37.5. The quantitative estimate of drug-likeness (QED) is 0.0247. The van der Waals surface area contributed by atoms with Crippen molar-refractivity contribution < 1.29 is 52.4 Å². The van der Waals surface area contributed by atoms with Crippen molar-refractivity contribution in [2.75, 3.05) is 0 Å². The summed E-state index contributed by atoms with van der Waals surface area (Å²) in [6, 6.07) is 7.31. The van der Waals surface area contributed by atoms with Crippen LogP contribution >= 0.6 is 0 Å². The molecule has 0 aliphatic carbocycles. The third-order valence-electron chi connectivity index (χ3n) is 14.2. The van der Waals surface area contributed by atoms with Crippen LogP contribution in [0.15, 0.2) is 39.5 Å². The predicted octanol–water partition coefficient (Wildman–Crippen LogP) is 18.5. The molecule has 0 saturated carbocycles. The summed E-state index contributed by atoms with van der Waals surface area (Å²) in [6.07, 6.45) is 35.1. The van der Waals surface area contributed by atoms with Crippen LogP contribution in [0.25, 0.3) is 22.3 Å². The smallest absolute Gasteiger partial charge is 0.311 e. The zero-order valence-electron chi connectivity index (χ0n) is 48.7. The normalized spacial score (nSPS) is 11.7. The maximum Gasteiger partial charge on any atom is 0.311 e. The van der Waals surface area contributed by atoms with Crippen molar-refractivity contribution in [1.82, 2.24) is 0 Å². The monoisotopic (exact) mass is 1070 g/mol. The van der Waals surface area contributed by atoms with Crippen LogP contribution in [0.5, 0.6) is 28.7 Å². The fraction of sp³-hybridized carbons (Fsp3) is 0.708. The number of hydrogen-bond donors (Lipinski definition) is 1. The average Bonchev–Trinajstić information content (AvgIpc) is 3.42. The van der Waals surface area contributed by atoms with E-state index in [1.807, 2.05) is 0 Å². The summed E-state index contributed by atoms with van der Waals surface area (Å²) in [7, 11) is 0. The molecule has 3 aromatic rings. The lowest BCUT2D eigenvalue weighted by atomic mass is 10.1. The Bertz CT molecular complexity index is 2160. The number of aliphatic hydroxyl groups is 1. The summed E-state index contributed by atoms with van der Waals surface area (Å²) in [6.45, 7) is 10.9. The molecular weight excluding hydrogens is 973 g/mol. The highest BCUT2D eigenvalue weighted by Crippen LogP contribution is 2.41. The van der Waals surface area contributed by atoms with E-state index >= 15 is 4.79 Å². The standard InChI is InChI=1S/C65H102O12/c1-6-11-16-21-26-31-36-41-57(66)72-52-49-55(75-60(69)44-39-34-29-24-19-14-9-4)62-56(50-52)76-64(65(63(62)71)77-61(70)45-40-35-30-25-20-15-10-5)51-46-47-53(73-58(67)42-37-32-27-22-17-12-7-2)54(48-51)74-59(68)43-38-33-28-23-18-13-8-3/h46-50,61,70H,6-45H2,1-5H3. The number of esters is 4. The van der Waals surface area contributed by atoms with E-state index in [1.54, 1.807) is 6.07 Å². The number of ether oxygens (including phenoxy) is 5. The topological polar surface area (TPSA) is 165 Å². The summed E-state index contributed by atoms with van der Waals surface area (Å²) in [5.41, 5.74) is -0.588. The summed E-state index contributed by atoms with van der Waals surface area (Å²) in [5, 5.41) is 11.3. The molecule has 77 heavy (non-hydrogen) atoms. The maximum atomic E-state index is 15.1. The Morgan fingerprint density at radius 2 is 0.792 bits per heavy atom. The van der Waals surface area contributed by atoms with Crippen LogP contribution in [-0.2, 0) is 19.2 Å². The Morgan fingerprint density at radius 1 is 0.429 bits per heavy atom. The minimum Gasteiger partial charge on any atom is -0.457 e. The highest BCUT2D eigenvalue weighted by Gasteiger charge is 2.27. The Labute approximate surface area is 463 Å². The molecule has 0 bridgehead atoms. The molecular formula is C65H102O12. The summed E-state index contributed by atoms with van der Waals surface area (Å²) in [5.74, 6) is -2.65. The number of aliphatic hydroxyl groups excluding tert-OH is 1. The van der Waals surface area contributed by atoms with Crippen molar-refractivity contribution in [2.24, 2.45) is 0 Å². The zero-order valence-corrected chi connectivity index (χ0v) is 48.7. The molecule has 1 atom stereocenters. The van der Waals surface area contributed by atoms with Gasteiger partial charge in [0.1, 0.15) is 22.5 Å². The number of carbonyl (C=O) groups excluding carboxylic acids is 4. The molecule has 434 valence electrons. The van der Waals surface area contributed by atoms with Crippen molar-refractivity contribution in [1.29, 1.82) is 0 Å². The van der Waals surface area contributed by atoms with Gasteiger partial charge in [0.15, 0.2) is 23.5 Å². The Hall–Kier alpha value is -4.71. The molecule has 3 rings (SSSR count). The lowest BCUT2D eigenvalue weighted by Gasteiger charge is -2.18. The molecule has 12 nitrogen and oxygen atoms in total. The van der Waals surface area contributed by atoms with Crippen LogP contribution in [0, 0.1) is 0 Å². The molecule has 0 aliphatic rings. The van der Waals surface area contributed by atoms with Gasteiger partial charge in [-0.15, -0.1) is 0 Å². The summed E-state index contributed by atoms with van der Waals surface area (Å²) >= 11 is 0. The van der Waals surface area contributed by atoms with Gasteiger partial charge in [-0.1, -0.05) is 227 Å². The van der Waals surface area contributed by atoms with Gasteiger partial charge in [0.25, 0.3) is 0 Å². The molecule has 0 spiro atoms. The first-order valence-electron chi connectivity index (χ1n) is 31.0. The minimum absolute atomic E-state index is 0.0223. The zero-order chi connectivity index (χ0) is 55.7. The van der Waals surface area contributed by atoms with Gasteiger partial charge in [0.2, 0.25) is 11.2 Å². The van der Waals surface area contributed by atoms with Gasteiger partial charge in [-0.05, 0) is 50.3 Å². The highest BCUT2D eigenvalue weighted by molar-refractivity contribution is 5.91. The van der Waals surface area contributed by atoms with E-state index in [-0.39, 0.29) is 83.1 Å². The largest absolute Gasteiger partial charge is 0.457 e. The van der Waals surface area contributed by atoms with E-state index in [2.05, 4.69) is 34.6 Å². The maximum absolute atomic E-state index is 15.1. The molecule has 1 N–H and O–H groups in total. The molecule has 1 aromatic heterocycles. The summed E-state index contributed by atoms with van der Waals surface area (Å²) in [4.78, 5) is 68.8. The van der Waals surface area contributed by atoms with E-state index < -0.39 is 35.6 Å². The van der Waals surface area contributed by atoms with Crippen LogP contribution in [0.4, 0.5) is 0 Å². The average molecular weight is 1080 g/mol. The Kier molecular flexibility index (Phi) is 36.5. The number of fused-ring (bicyclic) bond motifs is 1. The fourth-order valence-corrected chi connectivity index (χ4v) is 9.57. The third-order valence-corrected chi connectivity index (χ3v) is 14.2. The van der Waals surface area contributed by atoms with Gasteiger partial charge >= 0.3 is 23.9 Å². The van der Waals surface area contributed by atoms with E-state index in [0.717, 1.165) is 148 Å². The second kappa shape index (κ2) is 42.3. The number of hydrogen-bond acceptors (Lipinski definition) is 12. The van der Waals surface area contributed by atoms with E-state index in [9.17, 15) is 24.3 Å². The Morgan fingerprint density at radius 3 is 1.22 bits per heavy atom.